The summed E-state index contributed by atoms with van der Waals surface area (Å²) in [5, 5.41) is 20.0. The first-order valence-electron chi connectivity index (χ1n) is 5.76. The molecular formula is C13H14O3. The van der Waals surface area contributed by atoms with Crippen LogP contribution in [0.3, 0.4) is 0 Å². The van der Waals surface area contributed by atoms with E-state index in [1.54, 1.807) is 0 Å². The molecule has 2 bridgehead atoms. The smallest absolute Gasteiger partial charge is 0.153 e. The molecule has 3 aliphatic rings. The fourth-order valence-electron chi connectivity index (χ4n) is 3.32. The second-order valence-corrected chi connectivity index (χ2v) is 4.83. The molecular weight excluding hydrogens is 204 g/mol. The number of aromatic hydroxyl groups is 2. The van der Waals surface area contributed by atoms with Crippen molar-refractivity contribution in [2.45, 2.75) is 37.5 Å². The van der Waals surface area contributed by atoms with Crippen LogP contribution in [-0.4, -0.2) is 16.5 Å². The fourth-order valence-corrected chi connectivity index (χ4v) is 3.32. The van der Waals surface area contributed by atoms with Gasteiger partial charge in [-0.1, -0.05) is 0 Å². The normalized spacial score (nSPS) is 26.5. The minimum atomic E-state index is 0.0946. The Morgan fingerprint density at radius 1 is 1.06 bits per heavy atom. The molecule has 3 nitrogen and oxygen atoms in total. The van der Waals surface area contributed by atoms with Crippen molar-refractivity contribution in [1.82, 2.24) is 0 Å². The Morgan fingerprint density at radius 3 is 2.19 bits per heavy atom. The molecule has 4 rings (SSSR count). The van der Waals surface area contributed by atoms with Crippen molar-refractivity contribution in [3.05, 3.63) is 22.8 Å². The van der Waals surface area contributed by atoms with E-state index in [-0.39, 0.29) is 17.1 Å². The molecule has 0 aliphatic heterocycles. The van der Waals surface area contributed by atoms with Gasteiger partial charge >= 0.3 is 0 Å². The maximum atomic E-state index is 10.8. The van der Waals surface area contributed by atoms with E-state index < -0.39 is 0 Å². The van der Waals surface area contributed by atoms with Crippen LogP contribution >= 0.6 is 0 Å². The lowest BCUT2D eigenvalue weighted by atomic mass is 9.66. The van der Waals surface area contributed by atoms with Crippen LogP contribution in [0.2, 0.25) is 0 Å². The molecule has 0 unspecified atom stereocenters. The first kappa shape index (κ1) is 9.70. The molecule has 84 valence electrons. The average molecular weight is 218 g/mol. The lowest BCUT2D eigenvalue weighted by molar-refractivity contribution is 0.112. The summed E-state index contributed by atoms with van der Waals surface area (Å²) in [4.78, 5) is 10.8. The molecule has 2 N–H and O–H groups in total. The molecule has 1 aromatic carbocycles. The third-order valence-corrected chi connectivity index (χ3v) is 4.06. The largest absolute Gasteiger partial charge is 0.508 e. The van der Waals surface area contributed by atoms with E-state index in [9.17, 15) is 15.0 Å². The molecule has 0 atom stereocenters. The van der Waals surface area contributed by atoms with Crippen LogP contribution < -0.4 is 0 Å². The zero-order valence-electron chi connectivity index (χ0n) is 8.94. The SMILES string of the molecule is O=Cc1cc(O)c2c(c1O)C1CCC2CC1. The molecule has 0 radical (unpaired) electrons. The molecule has 3 aliphatic carbocycles. The summed E-state index contributed by atoms with van der Waals surface area (Å²) in [5.41, 5.74) is 1.94. The Morgan fingerprint density at radius 2 is 1.62 bits per heavy atom. The van der Waals surface area contributed by atoms with Crippen molar-refractivity contribution < 1.29 is 15.0 Å². The molecule has 16 heavy (non-hydrogen) atoms. The van der Waals surface area contributed by atoms with E-state index in [0.717, 1.165) is 36.8 Å². The predicted molar refractivity (Wildman–Crippen MR) is 59.1 cm³/mol. The summed E-state index contributed by atoms with van der Waals surface area (Å²) in [6.45, 7) is 0. The van der Waals surface area contributed by atoms with Crippen LogP contribution in [0.5, 0.6) is 11.5 Å². The average Bonchev–Trinajstić information content (AvgIpc) is 2.34. The van der Waals surface area contributed by atoms with E-state index in [1.165, 1.54) is 6.07 Å². The number of aldehydes is 1. The summed E-state index contributed by atoms with van der Waals surface area (Å²) >= 11 is 0. The topological polar surface area (TPSA) is 57.5 Å². The second kappa shape index (κ2) is 3.24. The van der Waals surface area contributed by atoms with Crippen LogP contribution in [-0.2, 0) is 0 Å². The van der Waals surface area contributed by atoms with Gasteiger partial charge in [-0.15, -0.1) is 0 Å². The number of fused-ring (bicyclic) bond motifs is 2. The highest BCUT2D eigenvalue weighted by Gasteiger charge is 2.37. The number of rotatable bonds is 1. The number of phenolic OH excluding ortho intramolecular Hbond substituents is 2. The first-order valence-corrected chi connectivity index (χ1v) is 5.76. The Bertz CT molecular complexity index is 457. The van der Waals surface area contributed by atoms with Gasteiger partial charge in [0, 0.05) is 11.1 Å². The van der Waals surface area contributed by atoms with Crippen LogP contribution in [0.25, 0.3) is 0 Å². The Balaban J connectivity index is 2.30. The Hall–Kier alpha value is -1.51. The van der Waals surface area contributed by atoms with Gasteiger partial charge < -0.3 is 10.2 Å². The molecule has 1 saturated carbocycles. The molecule has 0 aromatic heterocycles. The van der Waals surface area contributed by atoms with Crippen LogP contribution in [0.15, 0.2) is 6.07 Å². The third kappa shape index (κ3) is 1.11. The maximum Gasteiger partial charge on any atom is 0.153 e. The summed E-state index contributed by atoms with van der Waals surface area (Å²) in [5.74, 6) is 0.971. The molecule has 0 saturated heterocycles. The van der Waals surface area contributed by atoms with Crippen molar-refractivity contribution in [2.75, 3.05) is 0 Å². The standard InChI is InChI=1S/C13H14O3/c14-6-9-5-10(15)11-7-1-3-8(4-2-7)12(11)13(9)16/h5-8,15-16H,1-4H2. The van der Waals surface area contributed by atoms with Crippen molar-refractivity contribution >= 4 is 6.29 Å². The molecule has 3 heteroatoms. The van der Waals surface area contributed by atoms with Crippen molar-refractivity contribution in [3.8, 4) is 11.5 Å². The molecule has 0 heterocycles. The Kier molecular flexibility index (Phi) is 1.96. The number of carbonyl (C=O) groups is 1. The predicted octanol–water partition coefficient (Wildman–Crippen LogP) is 2.67. The van der Waals surface area contributed by atoms with E-state index in [0.29, 0.717) is 18.1 Å². The highest BCUT2D eigenvalue weighted by atomic mass is 16.3. The minimum absolute atomic E-state index is 0.0946. The number of phenols is 2. The maximum absolute atomic E-state index is 10.8. The fraction of sp³-hybridized carbons (Fsp3) is 0.462. The Labute approximate surface area is 93.7 Å². The molecule has 0 amide bonds. The van der Waals surface area contributed by atoms with Gasteiger partial charge in [-0.3, -0.25) is 4.79 Å². The highest BCUT2D eigenvalue weighted by Crippen LogP contribution is 2.55. The lowest BCUT2D eigenvalue weighted by Gasteiger charge is -2.39. The highest BCUT2D eigenvalue weighted by molar-refractivity contribution is 5.82. The zero-order chi connectivity index (χ0) is 11.3. The molecule has 1 aromatic rings. The van der Waals surface area contributed by atoms with Gasteiger partial charge in [0.2, 0.25) is 0 Å². The quantitative estimate of drug-likeness (QED) is 0.562. The van der Waals surface area contributed by atoms with Gasteiger partial charge in [-0.25, -0.2) is 0 Å². The molecule has 0 spiro atoms. The first-order chi connectivity index (χ1) is 7.72. The van der Waals surface area contributed by atoms with Gasteiger partial charge in [-0.05, 0) is 43.6 Å². The number of hydrogen-bond donors (Lipinski definition) is 2. The van der Waals surface area contributed by atoms with E-state index in [1.807, 2.05) is 0 Å². The summed E-state index contributed by atoms with van der Waals surface area (Å²) in [7, 11) is 0. The van der Waals surface area contributed by atoms with Gasteiger partial charge in [0.1, 0.15) is 11.5 Å². The van der Waals surface area contributed by atoms with Crippen LogP contribution in [0.4, 0.5) is 0 Å². The number of carbonyl (C=O) groups excluding carboxylic acids is 1. The molecule has 1 fully saturated rings. The zero-order valence-corrected chi connectivity index (χ0v) is 8.94. The van der Waals surface area contributed by atoms with E-state index in [2.05, 4.69) is 0 Å². The summed E-state index contributed by atoms with van der Waals surface area (Å²) < 4.78 is 0. The number of benzene rings is 1. The monoisotopic (exact) mass is 218 g/mol. The number of hydrogen-bond acceptors (Lipinski definition) is 3. The minimum Gasteiger partial charge on any atom is -0.508 e. The van der Waals surface area contributed by atoms with Gasteiger partial charge in [0.15, 0.2) is 6.29 Å². The van der Waals surface area contributed by atoms with Crippen molar-refractivity contribution in [3.63, 3.8) is 0 Å². The van der Waals surface area contributed by atoms with E-state index >= 15 is 0 Å². The van der Waals surface area contributed by atoms with Crippen LogP contribution in [0, 0.1) is 0 Å². The summed E-state index contributed by atoms with van der Waals surface area (Å²) in [6, 6.07) is 1.39. The van der Waals surface area contributed by atoms with E-state index in [4.69, 9.17) is 0 Å². The summed E-state index contributed by atoms with van der Waals surface area (Å²) in [6.07, 6.45) is 4.91. The van der Waals surface area contributed by atoms with Gasteiger partial charge in [0.25, 0.3) is 0 Å². The van der Waals surface area contributed by atoms with Crippen LogP contribution in [0.1, 0.15) is 59.0 Å². The van der Waals surface area contributed by atoms with Crippen molar-refractivity contribution in [2.24, 2.45) is 0 Å². The lowest BCUT2D eigenvalue weighted by Crippen LogP contribution is -2.22. The van der Waals surface area contributed by atoms with Gasteiger partial charge in [0.05, 0.1) is 5.56 Å². The van der Waals surface area contributed by atoms with Gasteiger partial charge in [-0.2, -0.15) is 0 Å². The van der Waals surface area contributed by atoms with Crippen molar-refractivity contribution in [1.29, 1.82) is 0 Å². The second-order valence-electron chi connectivity index (χ2n) is 4.83. The third-order valence-electron chi connectivity index (χ3n) is 4.06.